The topological polar surface area (TPSA) is 12.0 Å². The number of rotatable bonds is 4. The summed E-state index contributed by atoms with van der Waals surface area (Å²) in [6.07, 6.45) is 2.86. The Kier molecular flexibility index (Phi) is 2.70. The molecule has 1 aromatic rings. The van der Waals surface area contributed by atoms with Gasteiger partial charge in [0.2, 0.25) is 0 Å². The summed E-state index contributed by atoms with van der Waals surface area (Å²) >= 11 is 1.86. The second kappa shape index (κ2) is 3.81. The van der Waals surface area contributed by atoms with Crippen molar-refractivity contribution < 1.29 is 0 Å². The van der Waals surface area contributed by atoms with Crippen LogP contribution in [-0.2, 0) is 6.54 Å². The van der Waals surface area contributed by atoms with E-state index in [-0.39, 0.29) is 0 Å². The second-order valence-corrected chi connectivity index (χ2v) is 5.03. The monoisotopic (exact) mass is 195 g/mol. The lowest BCUT2D eigenvalue weighted by atomic mass is 10.2. The Morgan fingerprint density at radius 3 is 2.92 bits per heavy atom. The quantitative estimate of drug-likeness (QED) is 0.779. The summed E-state index contributed by atoms with van der Waals surface area (Å²) in [5.74, 6) is 0.959. The maximum Gasteiger partial charge on any atom is 0.0304 e. The molecule has 0 spiro atoms. The number of nitrogens with one attached hydrogen (secondary N) is 1. The van der Waals surface area contributed by atoms with Crippen molar-refractivity contribution in [3.05, 3.63) is 21.9 Å². The molecule has 1 heterocycles. The third kappa shape index (κ3) is 2.32. The van der Waals surface area contributed by atoms with E-state index in [4.69, 9.17) is 0 Å². The van der Waals surface area contributed by atoms with Crippen LogP contribution in [0.2, 0.25) is 0 Å². The lowest BCUT2D eigenvalue weighted by Crippen LogP contribution is -2.27. The molecule has 2 rings (SSSR count). The Hall–Kier alpha value is -0.340. The molecule has 1 atom stereocenters. The molecule has 1 saturated carbocycles. The first kappa shape index (κ1) is 9.22. The maximum absolute atomic E-state index is 3.60. The van der Waals surface area contributed by atoms with Crippen LogP contribution in [0.5, 0.6) is 0 Å². The molecule has 1 unspecified atom stereocenters. The summed E-state index contributed by atoms with van der Waals surface area (Å²) in [4.78, 5) is 1.49. The summed E-state index contributed by atoms with van der Waals surface area (Å²) in [6, 6.07) is 2.91. The normalized spacial score (nSPS) is 18.9. The minimum Gasteiger partial charge on any atom is -0.309 e. The van der Waals surface area contributed by atoms with Gasteiger partial charge >= 0.3 is 0 Å². The molecule has 0 bridgehead atoms. The minimum absolute atomic E-state index is 0.710. The lowest BCUT2D eigenvalue weighted by molar-refractivity contribution is 0.498. The van der Waals surface area contributed by atoms with Crippen molar-refractivity contribution in [1.82, 2.24) is 5.32 Å². The molecule has 13 heavy (non-hydrogen) atoms. The largest absolute Gasteiger partial charge is 0.309 e. The molecule has 1 nitrogen and oxygen atoms in total. The number of hydrogen-bond acceptors (Lipinski definition) is 2. The highest BCUT2D eigenvalue weighted by Crippen LogP contribution is 2.32. The van der Waals surface area contributed by atoms with Gasteiger partial charge in [-0.3, -0.25) is 0 Å². The standard InChI is InChI=1S/C11H17NS/c1-8-5-6-13-11(8)7-12-9(2)10-3-4-10/h5-6,9-10,12H,3-4,7H2,1-2H3. The van der Waals surface area contributed by atoms with Crippen LogP contribution in [0.3, 0.4) is 0 Å². The second-order valence-electron chi connectivity index (χ2n) is 4.03. The van der Waals surface area contributed by atoms with Gasteiger partial charge in [0.25, 0.3) is 0 Å². The molecule has 1 aliphatic rings. The molecule has 0 aliphatic heterocycles. The zero-order valence-corrected chi connectivity index (χ0v) is 9.16. The summed E-state index contributed by atoms with van der Waals surface area (Å²) in [7, 11) is 0. The molecule has 0 saturated heterocycles. The van der Waals surface area contributed by atoms with Gasteiger partial charge in [0, 0.05) is 17.5 Å². The van der Waals surface area contributed by atoms with E-state index in [1.807, 2.05) is 11.3 Å². The first-order valence-corrected chi connectivity index (χ1v) is 5.91. The van der Waals surface area contributed by atoms with Crippen molar-refractivity contribution in [3.8, 4) is 0 Å². The fourth-order valence-electron chi connectivity index (χ4n) is 1.60. The van der Waals surface area contributed by atoms with Crippen LogP contribution in [0.25, 0.3) is 0 Å². The van der Waals surface area contributed by atoms with Gasteiger partial charge < -0.3 is 5.32 Å². The van der Waals surface area contributed by atoms with Crippen molar-refractivity contribution in [2.24, 2.45) is 5.92 Å². The molecule has 0 aromatic carbocycles. The third-order valence-corrected chi connectivity index (χ3v) is 3.90. The molecule has 0 radical (unpaired) electrons. The van der Waals surface area contributed by atoms with E-state index in [1.165, 1.54) is 23.3 Å². The lowest BCUT2D eigenvalue weighted by Gasteiger charge is -2.11. The first-order chi connectivity index (χ1) is 6.27. The summed E-state index contributed by atoms with van der Waals surface area (Å²) < 4.78 is 0. The van der Waals surface area contributed by atoms with Crippen molar-refractivity contribution in [1.29, 1.82) is 0 Å². The van der Waals surface area contributed by atoms with E-state index >= 15 is 0 Å². The molecule has 2 heteroatoms. The number of aryl methyl sites for hydroxylation is 1. The molecule has 1 fully saturated rings. The predicted molar refractivity (Wildman–Crippen MR) is 58.1 cm³/mol. The third-order valence-electron chi connectivity index (χ3n) is 2.88. The van der Waals surface area contributed by atoms with Crippen LogP contribution in [0.15, 0.2) is 11.4 Å². The van der Waals surface area contributed by atoms with Gasteiger partial charge in [-0.2, -0.15) is 0 Å². The van der Waals surface area contributed by atoms with Gasteiger partial charge in [-0.1, -0.05) is 0 Å². The van der Waals surface area contributed by atoms with E-state index in [0.717, 1.165) is 12.5 Å². The van der Waals surface area contributed by atoms with E-state index in [1.54, 1.807) is 0 Å². The highest BCUT2D eigenvalue weighted by atomic mass is 32.1. The first-order valence-electron chi connectivity index (χ1n) is 5.03. The number of hydrogen-bond donors (Lipinski definition) is 1. The Bertz CT molecular complexity index is 275. The van der Waals surface area contributed by atoms with Gasteiger partial charge in [-0.05, 0) is 49.6 Å². The maximum atomic E-state index is 3.60. The van der Waals surface area contributed by atoms with Gasteiger partial charge in [-0.25, -0.2) is 0 Å². The van der Waals surface area contributed by atoms with Crippen LogP contribution in [0, 0.1) is 12.8 Å². The van der Waals surface area contributed by atoms with E-state index in [2.05, 4.69) is 30.6 Å². The molecular formula is C11H17NS. The highest BCUT2D eigenvalue weighted by Gasteiger charge is 2.27. The Balaban J connectivity index is 1.81. The molecule has 1 aliphatic carbocycles. The van der Waals surface area contributed by atoms with Crippen molar-refractivity contribution in [3.63, 3.8) is 0 Å². The van der Waals surface area contributed by atoms with E-state index < -0.39 is 0 Å². The van der Waals surface area contributed by atoms with Gasteiger partial charge in [0.1, 0.15) is 0 Å². The highest BCUT2D eigenvalue weighted by molar-refractivity contribution is 7.10. The summed E-state index contributed by atoms with van der Waals surface area (Å²) in [5, 5.41) is 5.77. The molecule has 72 valence electrons. The fourth-order valence-corrected chi connectivity index (χ4v) is 2.46. The molecule has 1 N–H and O–H groups in total. The molecule has 1 aromatic heterocycles. The van der Waals surface area contributed by atoms with Gasteiger partial charge in [0.05, 0.1) is 0 Å². The van der Waals surface area contributed by atoms with E-state index in [9.17, 15) is 0 Å². The number of thiophene rings is 1. The minimum atomic E-state index is 0.710. The average molecular weight is 195 g/mol. The van der Waals surface area contributed by atoms with Gasteiger partial charge in [-0.15, -0.1) is 11.3 Å². The predicted octanol–water partition coefficient (Wildman–Crippen LogP) is 2.94. The van der Waals surface area contributed by atoms with Crippen LogP contribution in [0.1, 0.15) is 30.2 Å². The van der Waals surface area contributed by atoms with Gasteiger partial charge in [0.15, 0.2) is 0 Å². The molecular weight excluding hydrogens is 178 g/mol. The zero-order chi connectivity index (χ0) is 9.26. The van der Waals surface area contributed by atoms with E-state index in [0.29, 0.717) is 6.04 Å². The van der Waals surface area contributed by atoms with Crippen molar-refractivity contribution >= 4 is 11.3 Å². The van der Waals surface area contributed by atoms with Crippen LogP contribution in [0.4, 0.5) is 0 Å². The molecule has 0 amide bonds. The van der Waals surface area contributed by atoms with Crippen LogP contribution >= 0.6 is 11.3 Å². The summed E-state index contributed by atoms with van der Waals surface area (Å²) in [5.41, 5.74) is 1.43. The van der Waals surface area contributed by atoms with Crippen LogP contribution < -0.4 is 5.32 Å². The average Bonchev–Trinajstić information content (AvgIpc) is 2.88. The fraction of sp³-hybridized carbons (Fsp3) is 0.636. The van der Waals surface area contributed by atoms with Crippen molar-refractivity contribution in [2.75, 3.05) is 0 Å². The Morgan fingerprint density at radius 2 is 2.38 bits per heavy atom. The zero-order valence-electron chi connectivity index (χ0n) is 8.34. The Morgan fingerprint density at radius 1 is 1.62 bits per heavy atom. The van der Waals surface area contributed by atoms with Crippen molar-refractivity contribution in [2.45, 2.75) is 39.3 Å². The SMILES string of the molecule is Cc1ccsc1CNC(C)C1CC1. The smallest absolute Gasteiger partial charge is 0.0304 e. The Labute approximate surface area is 84.2 Å². The van der Waals surface area contributed by atoms with Crippen LogP contribution in [-0.4, -0.2) is 6.04 Å². The summed E-state index contributed by atoms with van der Waals surface area (Å²) in [6.45, 7) is 5.55.